The highest BCUT2D eigenvalue weighted by atomic mass is 16.4. The Morgan fingerprint density at radius 1 is 1.43 bits per heavy atom. The summed E-state index contributed by atoms with van der Waals surface area (Å²) in [4.78, 5) is 14.3. The molecule has 14 heavy (non-hydrogen) atoms. The number of hydrogen-bond donors (Lipinski definition) is 1. The van der Waals surface area contributed by atoms with Crippen molar-refractivity contribution in [3.63, 3.8) is 0 Å². The van der Waals surface area contributed by atoms with Crippen LogP contribution in [0, 0.1) is 0 Å². The van der Waals surface area contributed by atoms with Crippen molar-refractivity contribution in [3.8, 4) is 0 Å². The van der Waals surface area contributed by atoms with Gasteiger partial charge in [0.25, 0.3) is 0 Å². The fourth-order valence-corrected chi connectivity index (χ4v) is 0.849. The third-order valence-corrected chi connectivity index (χ3v) is 1.68. The van der Waals surface area contributed by atoms with Crippen LogP contribution in [-0.2, 0) is 4.79 Å². The van der Waals surface area contributed by atoms with Crippen molar-refractivity contribution in [1.29, 1.82) is 0 Å². The average Bonchev–Trinajstić information content (AvgIpc) is 2.19. The van der Waals surface area contributed by atoms with Crippen LogP contribution in [0.5, 0.6) is 0 Å². The van der Waals surface area contributed by atoms with E-state index >= 15 is 0 Å². The molecule has 0 aromatic carbocycles. The molecule has 0 unspecified atom stereocenters. The fourth-order valence-electron chi connectivity index (χ4n) is 0.849. The van der Waals surface area contributed by atoms with Gasteiger partial charge in [-0.2, -0.15) is 0 Å². The first-order valence-electron chi connectivity index (χ1n) is 4.18. The zero-order valence-electron chi connectivity index (χ0n) is 7.84. The Bertz CT molecular complexity index is 366. The van der Waals surface area contributed by atoms with E-state index in [0.717, 1.165) is 5.56 Å². The van der Waals surface area contributed by atoms with Gasteiger partial charge in [-0.1, -0.05) is 18.2 Å². The monoisotopic (exact) mass is 189 g/mol. The Labute approximate surface area is 82.4 Å². The Kier molecular flexibility index (Phi) is 3.61. The molecule has 0 aliphatic heterocycles. The van der Waals surface area contributed by atoms with Crippen molar-refractivity contribution in [3.05, 3.63) is 47.8 Å². The normalized spacial score (nSPS) is 11.9. The molecule has 0 spiro atoms. The lowest BCUT2D eigenvalue weighted by Gasteiger charge is -1.90. The maximum absolute atomic E-state index is 10.4. The molecule has 1 heterocycles. The van der Waals surface area contributed by atoms with E-state index in [-0.39, 0.29) is 0 Å². The lowest BCUT2D eigenvalue weighted by Crippen LogP contribution is -1.94. The lowest BCUT2D eigenvalue weighted by atomic mass is 10.2. The molecule has 0 fully saturated rings. The summed E-state index contributed by atoms with van der Waals surface area (Å²) < 4.78 is 0. The highest BCUT2D eigenvalue weighted by Gasteiger charge is 1.95. The first-order chi connectivity index (χ1) is 6.70. The summed E-state index contributed by atoms with van der Waals surface area (Å²) in [6.07, 6.45) is 8.47. The molecule has 3 nitrogen and oxygen atoms in total. The van der Waals surface area contributed by atoms with Crippen molar-refractivity contribution in [2.24, 2.45) is 0 Å². The number of hydrogen-bond acceptors (Lipinski definition) is 2. The molecule has 3 heteroatoms. The molecule has 1 N–H and O–H groups in total. The summed E-state index contributed by atoms with van der Waals surface area (Å²) in [7, 11) is 0. The number of rotatable bonds is 3. The van der Waals surface area contributed by atoms with Crippen molar-refractivity contribution < 1.29 is 9.90 Å². The Morgan fingerprint density at radius 2 is 2.07 bits per heavy atom. The van der Waals surface area contributed by atoms with E-state index in [1.807, 2.05) is 18.2 Å². The Balaban J connectivity index is 2.66. The van der Waals surface area contributed by atoms with Gasteiger partial charge in [-0.05, 0) is 24.6 Å². The maximum Gasteiger partial charge on any atom is 0.331 e. The summed E-state index contributed by atoms with van der Waals surface area (Å²) >= 11 is 0. The minimum atomic E-state index is -0.899. The second-order valence-electron chi connectivity index (χ2n) is 2.79. The molecule has 0 atom stereocenters. The third kappa shape index (κ3) is 3.23. The van der Waals surface area contributed by atoms with E-state index in [0.29, 0.717) is 5.57 Å². The molecule has 0 aliphatic carbocycles. The van der Waals surface area contributed by atoms with Crippen LogP contribution in [0.25, 0.3) is 6.08 Å². The van der Waals surface area contributed by atoms with Crippen LogP contribution in [0.3, 0.4) is 0 Å². The van der Waals surface area contributed by atoms with E-state index in [1.54, 1.807) is 31.5 Å². The van der Waals surface area contributed by atoms with Crippen molar-refractivity contribution in [1.82, 2.24) is 4.98 Å². The lowest BCUT2D eigenvalue weighted by molar-refractivity contribution is -0.132. The largest absolute Gasteiger partial charge is 0.478 e. The van der Waals surface area contributed by atoms with Crippen LogP contribution in [0.1, 0.15) is 12.5 Å². The quantitative estimate of drug-likeness (QED) is 0.585. The second kappa shape index (κ2) is 4.97. The number of allylic oxidation sites excluding steroid dienone is 2. The van der Waals surface area contributed by atoms with Gasteiger partial charge in [-0.25, -0.2) is 4.79 Å². The van der Waals surface area contributed by atoms with Gasteiger partial charge in [-0.15, -0.1) is 0 Å². The van der Waals surface area contributed by atoms with Crippen molar-refractivity contribution in [2.75, 3.05) is 0 Å². The van der Waals surface area contributed by atoms with Gasteiger partial charge in [0, 0.05) is 18.0 Å². The van der Waals surface area contributed by atoms with Gasteiger partial charge in [0.1, 0.15) is 0 Å². The number of pyridine rings is 1. The number of aromatic nitrogens is 1. The Morgan fingerprint density at radius 3 is 2.64 bits per heavy atom. The molecule has 1 aromatic rings. The van der Waals surface area contributed by atoms with Gasteiger partial charge < -0.3 is 5.11 Å². The molecule has 72 valence electrons. The minimum Gasteiger partial charge on any atom is -0.478 e. The maximum atomic E-state index is 10.4. The SMILES string of the molecule is CC(=CC=Cc1ccncc1)C(=O)O. The topological polar surface area (TPSA) is 50.2 Å². The number of aliphatic carboxylic acids is 1. The predicted octanol–water partition coefficient (Wildman–Crippen LogP) is 2.13. The molecule has 1 rings (SSSR count). The van der Waals surface area contributed by atoms with Gasteiger partial charge in [0.2, 0.25) is 0 Å². The zero-order valence-corrected chi connectivity index (χ0v) is 7.84. The van der Waals surface area contributed by atoms with Gasteiger partial charge in [0.05, 0.1) is 0 Å². The van der Waals surface area contributed by atoms with E-state index in [4.69, 9.17) is 5.11 Å². The highest BCUT2D eigenvalue weighted by Crippen LogP contribution is 2.00. The highest BCUT2D eigenvalue weighted by molar-refractivity contribution is 5.86. The van der Waals surface area contributed by atoms with Crippen LogP contribution < -0.4 is 0 Å². The van der Waals surface area contributed by atoms with Crippen LogP contribution in [-0.4, -0.2) is 16.1 Å². The molecule has 1 aromatic heterocycles. The van der Waals surface area contributed by atoms with Crippen molar-refractivity contribution >= 4 is 12.0 Å². The predicted molar refractivity (Wildman–Crippen MR) is 54.7 cm³/mol. The molecule has 0 bridgehead atoms. The summed E-state index contributed by atoms with van der Waals surface area (Å²) in [5.74, 6) is -0.899. The van der Waals surface area contributed by atoms with E-state index in [2.05, 4.69) is 4.98 Å². The number of carboxylic acids is 1. The van der Waals surface area contributed by atoms with Crippen LogP contribution in [0.4, 0.5) is 0 Å². The molecular formula is C11H11NO2. The van der Waals surface area contributed by atoms with Crippen molar-refractivity contribution in [2.45, 2.75) is 6.92 Å². The fraction of sp³-hybridized carbons (Fsp3) is 0.0909. The van der Waals surface area contributed by atoms with E-state index in [9.17, 15) is 4.79 Å². The van der Waals surface area contributed by atoms with E-state index < -0.39 is 5.97 Å². The Hall–Kier alpha value is -1.90. The molecular weight excluding hydrogens is 178 g/mol. The minimum absolute atomic E-state index is 0.315. The molecule has 0 radical (unpaired) electrons. The van der Waals surface area contributed by atoms with Crippen LogP contribution in [0.2, 0.25) is 0 Å². The summed E-state index contributed by atoms with van der Waals surface area (Å²) in [6.45, 7) is 1.55. The smallest absolute Gasteiger partial charge is 0.331 e. The average molecular weight is 189 g/mol. The molecule has 0 saturated heterocycles. The molecule has 0 aliphatic rings. The summed E-state index contributed by atoms with van der Waals surface area (Å²) in [5, 5.41) is 8.57. The van der Waals surface area contributed by atoms with Gasteiger partial charge in [0.15, 0.2) is 0 Å². The van der Waals surface area contributed by atoms with Gasteiger partial charge in [-0.3, -0.25) is 4.98 Å². The third-order valence-electron chi connectivity index (χ3n) is 1.68. The van der Waals surface area contributed by atoms with Crippen LogP contribution in [0.15, 0.2) is 42.3 Å². The van der Waals surface area contributed by atoms with Gasteiger partial charge >= 0.3 is 5.97 Å². The zero-order chi connectivity index (χ0) is 10.4. The second-order valence-corrected chi connectivity index (χ2v) is 2.79. The number of nitrogens with zero attached hydrogens (tertiary/aromatic N) is 1. The molecule has 0 saturated carbocycles. The van der Waals surface area contributed by atoms with E-state index in [1.165, 1.54) is 0 Å². The number of carboxylic acid groups (broad SMARTS) is 1. The summed E-state index contributed by atoms with van der Waals surface area (Å²) in [6, 6.07) is 3.70. The standard InChI is InChI=1S/C11H11NO2/c1-9(11(13)14)3-2-4-10-5-7-12-8-6-10/h2-8H,1H3,(H,13,14). The first-order valence-corrected chi connectivity index (χ1v) is 4.18. The summed E-state index contributed by atoms with van der Waals surface area (Å²) in [5.41, 5.74) is 1.31. The molecule has 0 amide bonds. The van der Waals surface area contributed by atoms with Crippen LogP contribution >= 0.6 is 0 Å². The first kappa shape index (κ1) is 10.2. The number of carbonyl (C=O) groups is 1.